The quantitative estimate of drug-likeness (QED) is 0.382. The first-order valence-electron chi connectivity index (χ1n) is 10.3. The van der Waals surface area contributed by atoms with Crippen molar-refractivity contribution in [3.63, 3.8) is 0 Å². The summed E-state index contributed by atoms with van der Waals surface area (Å²) in [6, 6.07) is 0. The Balaban J connectivity index is 1.77. The average Bonchev–Trinajstić information content (AvgIpc) is 3.16. The van der Waals surface area contributed by atoms with Crippen molar-refractivity contribution >= 4 is 8.32 Å². The Kier molecular flexibility index (Phi) is 3.79. The summed E-state index contributed by atoms with van der Waals surface area (Å²) in [6.07, 6.45) is 10.0. The van der Waals surface area contributed by atoms with E-state index in [1.54, 1.807) is 11.1 Å². The van der Waals surface area contributed by atoms with Gasteiger partial charge in [-0.3, -0.25) is 0 Å². The highest BCUT2D eigenvalue weighted by atomic mass is 28.4. The standard InChI is InChI=1S/C23H36OSi/c1-15-10-13-18(24-25(6,7)22(2,3)4)19-17(15)12-11-16-9-8-14-23(5)20(16)21(19)23/h9,17,20-21H,1,8,10-14H2,2-7H3/t17-,20-,21+,23-/m0/s1. The minimum atomic E-state index is -1.78. The smallest absolute Gasteiger partial charge is 0.250 e. The van der Waals surface area contributed by atoms with Crippen molar-refractivity contribution in [1.29, 1.82) is 0 Å². The highest BCUT2D eigenvalue weighted by molar-refractivity contribution is 6.74. The van der Waals surface area contributed by atoms with Crippen molar-refractivity contribution in [2.45, 2.75) is 84.4 Å². The zero-order valence-electron chi connectivity index (χ0n) is 17.2. The molecule has 0 N–H and O–H groups in total. The van der Waals surface area contributed by atoms with E-state index in [-0.39, 0.29) is 5.04 Å². The molecule has 0 unspecified atom stereocenters. The molecule has 2 saturated carbocycles. The van der Waals surface area contributed by atoms with Crippen LogP contribution in [-0.2, 0) is 4.43 Å². The summed E-state index contributed by atoms with van der Waals surface area (Å²) in [4.78, 5) is 0. The number of hydrogen-bond acceptors (Lipinski definition) is 1. The van der Waals surface area contributed by atoms with Crippen molar-refractivity contribution in [2.75, 3.05) is 0 Å². The van der Waals surface area contributed by atoms with Crippen LogP contribution in [-0.4, -0.2) is 8.32 Å². The topological polar surface area (TPSA) is 9.23 Å². The maximum absolute atomic E-state index is 6.97. The van der Waals surface area contributed by atoms with Crippen molar-refractivity contribution in [3.05, 3.63) is 35.1 Å². The predicted octanol–water partition coefficient (Wildman–Crippen LogP) is 6.99. The summed E-state index contributed by atoms with van der Waals surface area (Å²) in [5.74, 6) is 3.54. The first-order valence-corrected chi connectivity index (χ1v) is 13.3. The molecule has 0 saturated heterocycles. The van der Waals surface area contributed by atoms with Crippen LogP contribution in [0.3, 0.4) is 0 Å². The Morgan fingerprint density at radius 2 is 1.88 bits per heavy atom. The van der Waals surface area contributed by atoms with E-state index in [1.807, 2.05) is 0 Å². The monoisotopic (exact) mass is 356 g/mol. The Morgan fingerprint density at radius 1 is 1.16 bits per heavy atom. The van der Waals surface area contributed by atoms with Gasteiger partial charge in [-0.05, 0) is 73.1 Å². The lowest BCUT2D eigenvalue weighted by atomic mass is 9.75. The summed E-state index contributed by atoms with van der Waals surface area (Å²) >= 11 is 0. The third-order valence-electron chi connectivity index (χ3n) is 8.24. The van der Waals surface area contributed by atoms with Crippen LogP contribution in [0.1, 0.15) is 66.2 Å². The van der Waals surface area contributed by atoms with Gasteiger partial charge in [0.25, 0.3) is 0 Å². The zero-order valence-corrected chi connectivity index (χ0v) is 18.2. The van der Waals surface area contributed by atoms with Crippen molar-refractivity contribution in [1.82, 2.24) is 0 Å². The number of fused-ring (bicyclic) bond motifs is 3. The average molecular weight is 357 g/mol. The Hall–Kier alpha value is -0.763. The van der Waals surface area contributed by atoms with Gasteiger partial charge in [0.2, 0.25) is 8.32 Å². The predicted molar refractivity (Wildman–Crippen MR) is 109 cm³/mol. The molecule has 138 valence electrons. The summed E-state index contributed by atoms with van der Waals surface area (Å²) in [5, 5.41) is 0.264. The second kappa shape index (κ2) is 5.37. The van der Waals surface area contributed by atoms with E-state index in [9.17, 15) is 0 Å². The van der Waals surface area contributed by atoms with E-state index in [4.69, 9.17) is 4.43 Å². The molecule has 4 aliphatic carbocycles. The van der Waals surface area contributed by atoms with Crippen LogP contribution < -0.4 is 0 Å². The van der Waals surface area contributed by atoms with Crippen LogP contribution in [0.25, 0.3) is 0 Å². The first kappa shape index (κ1) is 17.6. The van der Waals surface area contributed by atoms with Crippen LogP contribution in [0.15, 0.2) is 35.1 Å². The normalized spacial score (nSPS) is 37.8. The molecular formula is C23H36OSi. The molecule has 0 radical (unpaired) electrons. The molecule has 0 aromatic rings. The molecule has 0 aromatic carbocycles. The summed E-state index contributed by atoms with van der Waals surface area (Å²) < 4.78 is 6.97. The molecule has 0 amide bonds. The molecular weight excluding hydrogens is 320 g/mol. The Bertz CT molecular complexity index is 675. The van der Waals surface area contributed by atoms with Crippen LogP contribution in [0, 0.1) is 23.2 Å². The molecule has 2 fully saturated rings. The maximum Gasteiger partial charge on any atom is 0.250 e. The Labute approximate surface area is 155 Å². The van der Waals surface area contributed by atoms with Gasteiger partial charge in [0, 0.05) is 12.3 Å². The van der Waals surface area contributed by atoms with E-state index >= 15 is 0 Å². The van der Waals surface area contributed by atoms with Crippen LogP contribution >= 0.6 is 0 Å². The zero-order chi connectivity index (χ0) is 18.2. The number of allylic oxidation sites excluding steroid dienone is 5. The van der Waals surface area contributed by atoms with Gasteiger partial charge >= 0.3 is 0 Å². The van der Waals surface area contributed by atoms with Gasteiger partial charge in [-0.1, -0.05) is 51.5 Å². The molecule has 4 atom stereocenters. The molecule has 0 heterocycles. The highest BCUT2D eigenvalue weighted by Gasteiger charge is 2.66. The van der Waals surface area contributed by atoms with E-state index in [0.717, 1.165) is 24.7 Å². The van der Waals surface area contributed by atoms with Gasteiger partial charge in [-0.25, -0.2) is 0 Å². The molecule has 1 nitrogen and oxygen atoms in total. The van der Waals surface area contributed by atoms with Crippen LogP contribution in [0.2, 0.25) is 18.1 Å². The lowest BCUT2D eigenvalue weighted by Gasteiger charge is -2.41. The molecule has 0 spiro atoms. The minimum Gasteiger partial charge on any atom is -0.547 e. The summed E-state index contributed by atoms with van der Waals surface area (Å²) in [5.41, 5.74) is 5.45. The number of hydrogen-bond donors (Lipinski definition) is 0. The fraction of sp³-hybridized carbons (Fsp3) is 0.739. The lowest BCUT2D eigenvalue weighted by Crippen LogP contribution is -2.41. The summed E-state index contributed by atoms with van der Waals surface area (Å²) in [6.45, 7) is 18.9. The lowest BCUT2D eigenvalue weighted by molar-refractivity contribution is 0.326. The molecule has 0 aliphatic heterocycles. The maximum atomic E-state index is 6.97. The van der Waals surface area contributed by atoms with Crippen LogP contribution in [0.5, 0.6) is 0 Å². The van der Waals surface area contributed by atoms with E-state index in [0.29, 0.717) is 11.3 Å². The molecule has 4 aliphatic rings. The Morgan fingerprint density at radius 3 is 2.56 bits per heavy atom. The van der Waals surface area contributed by atoms with E-state index in [1.165, 1.54) is 37.0 Å². The fourth-order valence-corrected chi connectivity index (χ4v) is 6.78. The van der Waals surface area contributed by atoms with Gasteiger partial charge in [-0.2, -0.15) is 0 Å². The van der Waals surface area contributed by atoms with Gasteiger partial charge in [0.1, 0.15) is 0 Å². The molecule has 0 bridgehead atoms. The first-order chi connectivity index (χ1) is 11.6. The molecule has 0 aromatic heterocycles. The van der Waals surface area contributed by atoms with Gasteiger partial charge in [0.15, 0.2) is 0 Å². The molecule has 4 rings (SSSR count). The van der Waals surface area contributed by atoms with Crippen LogP contribution in [0.4, 0.5) is 0 Å². The third-order valence-corrected chi connectivity index (χ3v) is 12.6. The van der Waals surface area contributed by atoms with E-state index in [2.05, 4.69) is 53.4 Å². The molecule has 25 heavy (non-hydrogen) atoms. The minimum absolute atomic E-state index is 0.264. The van der Waals surface area contributed by atoms with Crippen molar-refractivity contribution in [2.24, 2.45) is 23.2 Å². The van der Waals surface area contributed by atoms with Crippen molar-refractivity contribution in [3.8, 4) is 0 Å². The second-order valence-electron chi connectivity index (χ2n) is 10.8. The highest BCUT2D eigenvalue weighted by Crippen LogP contribution is 2.73. The van der Waals surface area contributed by atoms with Crippen molar-refractivity contribution < 1.29 is 4.43 Å². The molecule has 2 heteroatoms. The second-order valence-corrected chi connectivity index (χ2v) is 15.5. The SMILES string of the molecule is C=C1CCC(O[Si](C)(C)C(C)(C)C)=C2[C@H]1CCC1=CCC[C@]3(C)[C@H]2[C@H]13. The van der Waals surface area contributed by atoms with Gasteiger partial charge < -0.3 is 4.43 Å². The fourth-order valence-electron chi connectivity index (χ4n) is 5.64. The van der Waals surface area contributed by atoms with E-state index < -0.39 is 8.32 Å². The van der Waals surface area contributed by atoms with Gasteiger partial charge in [-0.15, -0.1) is 0 Å². The number of rotatable bonds is 2. The third kappa shape index (κ3) is 2.54. The largest absolute Gasteiger partial charge is 0.547 e. The van der Waals surface area contributed by atoms with Gasteiger partial charge in [0.05, 0.1) is 5.76 Å². The summed E-state index contributed by atoms with van der Waals surface area (Å²) in [7, 11) is -1.78.